The molecule has 5 unspecified atom stereocenters. The van der Waals surface area contributed by atoms with Crippen LogP contribution in [0.15, 0.2) is 48.5 Å². The molecule has 2 aromatic carbocycles. The van der Waals surface area contributed by atoms with Gasteiger partial charge in [0, 0.05) is 37.8 Å². The van der Waals surface area contributed by atoms with Crippen LogP contribution in [0.25, 0.3) is 0 Å². The van der Waals surface area contributed by atoms with E-state index in [1.165, 1.54) is 0 Å². The molecule has 1 aliphatic carbocycles. The van der Waals surface area contributed by atoms with E-state index in [1.807, 2.05) is 55.5 Å². The van der Waals surface area contributed by atoms with E-state index in [0.29, 0.717) is 62.5 Å². The first-order valence-electron chi connectivity index (χ1n) is 13.2. The molecule has 1 amide bonds. The number of methoxy groups -OCH3 is 1. The van der Waals surface area contributed by atoms with Gasteiger partial charge in [-0.3, -0.25) is 4.79 Å². The van der Waals surface area contributed by atoms with Crippen molar-refractivity contribution >= 4 is 5.91 Å². The molecule has 8 nitrogen and oxygen atoms in total. The number of carbonyl (C=O) groups is 1. The van der Waals surface area contributed by atoms with Gasteiger partial charge in [0.1, 0.15) is 23.2 Å². The standard InChI is InChI=1S/C29H40N2O6/c1-20-9-3-5-11-25(20)37-26-12-6-4-10-22(26)29(34,13-7-8-15-35-2)27-19-31(14-16-36-27)28(33)21-17-23(30)24(32)18-21/h3-6,9-12,21,23-24,27,32,34H,7-8,13-19,30H2,1-2H3. The van der Waals surface area contributed by atoms with Crippen LogP contribution in [0.5, 0.6) is 11.5 Å². The predicted octanol–water partition coefficient (Wildman–Crippen LogP) is 3.12. The van der Waals surface area contributed by atoms with Crippen LogP contribution < -0.4 is 10.5 Å². The minimum absolute atomic E-state index is 0.0357. The third kappa shape index (κ3) is 6.33. The van der Waals surface area contributed by atoms with E-state index in [0.717, 1.165) is 12.0 Å². The van der Waals surface area contributed by atoms with Gasteiger partial charge in [-0.05, 0) is 56.7 Å². The summed E-state index contributed by atoms with van der Waals surface area (Å²) in [4.78, 5) is 15.1. The molecule has 0 bridgehead atoms. The number of morpholine rings is 1. The molecule has 5 atom stereocenters. The van der Waals surface area contributed by atoms with Crippen LogP contribution in [0.1, 0.15) is 43.2 Å². The molecule has 2 aromatic rings. The molecule has 1 heterocycles. The molecule has 202 valence electrons. The van der Waals surface area contributed by atoms with Gasteiger partial charge in [0.15, 0.2) is 0 Å². The number of aliphatic hydroxyl groups excluding tert-OH is 1. The van der Waals surface area contributed by atoms with Crippen LogP contribution in [-0.4, -0.2) is 72.7 Å². The smallest absolute Gasteiger partial charge is 0.226 e. The Kier molecular flexibility index (Phi) is 9.21. The monoisotopic (exact) mass is 512 g/mol. The summed E-state index contributed by atoms with van der Waals surface area (Å²) in [6.45, 7) is 3.59. The number of rotatable bonds is 10. The lowest BCUT2D eigenvalue weighted by molar-refractivity contribution is -0.168. The van der Waals surface area contributed by atoms with Gasteiger partial charge in [-0.2, -0.15) is 0 Å². The molecule has 2 aliphatic rings. The van der Waals surface area contributed by atoms with Crippen LogP contribution >= 0.6 is 0 Å². The van der Waals surface area contributed by atoms with E-state index in [1.54, 1.807) is 12.0 Å². The highest BCUT2D eigenvalue weighted by Crippen LogP contribution is 2.41. The number of aliphatic hydroxyl groups is 2. The molecule has 37 heavy (non-hydrogen) atoms. The van der Waals surface area contributed by atoms with Crippen molar-refractivity contribution in [2.75, 3.05) is 33.4 Å². The van der Waals surface area contributed by atoms with Gasteiger partial charge in [0.25, 0.3) is 0 Å². The fourth-order valence-corrected chi connectivity index (χ4v) is 5.46. The Morgan fingerprint density at radius 3 is 2.57 bits per heavy atom. The number of hydrogen-bond donors (Lipinski definition) is 3. The first kappa shape index (κ1) is 27.5. The fourth-order valence-electron chi connectivity index (χ4n) is 5.46. The Labute approximate surface area is 219 Å². The van der Waals surface area contributed by atoms with Gasteiger partial charge in [0.2, 0.25) is 5.91 Å². The molecule has 2 fully saturated rings. The number of hydrogen-bond acceptors (Lipinski definition) is 7. The van der Waals surface area contributed by atoms with Crippen molar-refractivity contribution in [2.24, 2.45) is 11.7 Å². The topological polar surface area (TPSA) is 114 Å². The van der Waals surface area contributed by atoms with Gasteiger partial charge in [0.05, 0.1) is 19.3 Å². The van der Waals surface area contributed by atoms with Gasteiger partial charge < -0.3 is 35.1 Å². The number of amides is 1. The number of aryl methyl sites for hydroxylation is 1. The van der Waals surface area contributed by atoms with E-state index in [2.05, 4.69) is 0 Å². The summed E-state index contributed by atoms with van der Waals surface area (Å²) in [5.41, 5.74) is 6.20. The Bertz CT molecular complexity index is 1040. The van der Waals surface area contributed by atoms with E-state index in [9.17, 15) is 15.0 Å². The second-order valence-electron chi connectivity index (χ2n) is 10.3. The average molecular weight is 513 g/mol. The van der Waals surface area contributed by atoms with E-state index in [4.69, 9.17) is 19.9 Å². The lowest BCUT2D eigenvalue weighted by Gasteiger charge is -2.43. The molecule has 1 saturated heterocycles. The van der Waals surface area contributed by atoms with E-state index in [-0.39, 0.29) is 24.4 Å². The summed E-state index contributed by atoms with van der Waals surface area (Å²) in [5, 5.41) is 22.4. The maximum atomic E-state index is 13.3. The first-order valence-corrected chi connectivity index (χ1v) is 13.2. The number of nitrogens with two attached hydrogens (primary N) is 1. The zero-order chi connectivity index (χ0) is 26.4. The van der Waals surface area contributed by atoms with Gasteiger partial charge >= 0.3 is 0 Å². The van der Waals surface area contributed by atoms with E-state index >= 15 is 0 Å². The average Bonchev–Trinajstić information content (AvgIpc) is 3.25. The lowest BCUT2D eigenvalue weighted by atomic mass is 9.82. The van der Waals surface area contributed by atoms with Crippen molar-refractivity contribution < 1.29 is 29.2 Å². The largest absolute Gasteiger partial charge is 0.457 e. The summed E-state index contributed by atoms with van der Waals surface area (Å²) >= 11 is 0. The van der Waals surface area contributed by atoms with Crippen molar-refractivity contribution in [3.63, 3.8) is 0 Å². The molecule has 8 heteroatoms. The van der Waals surface area contributed by atoms with Crippen molar-refractivity contribution in [1.82, 2.24) is 4.90 Å². The quantitative estimate of drug-likeness (QED) is 0.419. The molecule has 0 radical (unpaired) electrons. The van der Waals surface area contributed by atoms with Crippen LogP contribution in [0, 0.1) is 12.8 Å². The summed E-state index contributed by atoms with van der Waals surface area (Å²) in [6.07, 6.45) is 1.45. The molecule has 1 saturated carbocycles. The molecule has 1 aliphatic heterocycles. The lowest BCUT2D eigenvalue weighted by Crippen LogP contribution is -2.55. The summed E-state index contributed by atoms with van der Waals surface area (Å²) in [6, 6.07) is 14.9. The van der Waals surface area contributed by atoms with Crippen LogP contribution in [-0.2, 0) is 19.9 Å². The number of ether oxygens (including phenoxy) is 3. The molecule has 0 spiro atoms. The zero-order valence-corrected chi connectivity index (χ0v) is 21.8. The molecule has 4 N–H and O–H groups in total. The summed E-state index contributed by atoms with van der Waals surface area (Å²) in [5.74, 6) is 0.929. The molecule has 4 rings (SSSR count). The molecule has 0 aromatic heterocycles. The fraction of sp³-hybridized carbons (Fsp3) is 0.552. The Hall–Kier alpha value is -2.49. The Morgan fingerprint density at radius 1 is 1.14 bits per heavy atom. The third-order valence-electron chi connectivity index (χ3n) is 7.66. The summed E-state index contributed by atoms with van der Waals surface area (Å²) < 4.78 is 17.7. The van der Waals surface area contributed by atoms with Gasteiger partial charge in [-0.25, -0.2) is 0 Å². The number of benzene rings is 2. The maximum Gasteiger partial charge on any atom is 0.226 e. The number of nitrogens with zero attached hydrogens (tertiary/aromatic N) is 1. The maximum absolute atomic E-state index is 13.3. The number of para-hydroxylation sites is 2. The zero-order valence-electron chi connectivity index (χ0n) is 21.8. The normalized spacial score (nSPS) is 25.6. The van der Waals surface area contributed by atoms with E-state index < -0.39 is 17.8 Å². The van der Waals surface area contributed by atoms with Crippen LogP contribution in [0.4, 0.5) is 0 Å². The summed E-state index contributed by atoms with van der Waals surface area (Å²) in [7, 11) is 1.66. The highest BCUT2D eigenvalue weighted by atomic mass is 16.5. The van der Waals surface area contributed by atoms with Crippen molar-refractivity contribution in [3.8, 4) is 11.5 Å². The Balaban J connectivity index is 1.61. The first-order chi connectivity index (χ1) is 17.8. The molecular formula is C29H40N2O6. The van der Waals surface area contributed by atoms with Gasteiger partial charge in [-0.15, -0.1) is 0 Å². The van der Waals surface area contributed by atoms with Crippen molar-refractivity contribution in [2.45, 2.75) is 62.9 Å². The second kappa shape index (κ2) is 12.4. The second-order valence-corrected chi connectivity index (χ2v) is 10.3. The third-order valence-corrected chi connectivity index (χ3v) is 7.66. The highest BCUT2D eigenvalue weighted by Gasteiger charge is 2.45. The minimum atomic E-state index is -1.39. The minimum Gasteiger partial charge on any atom is -0.457 e. The SMILES string of the molecule is COCCCCC(O)(c1ccccc1Oc1ccccc1C)C1CN(C(=O)C2CC(N)C(O)C2)CCO1. The van der Waals surface area contributed by atoms with Crippen molar-refractivity contribution in [1.29, 1.82) is 0 Å². The predicted molar refractivity (Wildman–Crippen MR) is 140 cm³/mol. The number of unbranched alkanes of at least 4 members (excludes halogenated alkanes) is 1. The molecular weight excluding hydrogens is 472 g/mol. The Morgan fingerprint density at radius 2 is 1.86 bits per heavy atom. The highest BCUT2D eigenvalue weighted by molar-refractivity contribution is 5.79. The van der Waals surface area contributed by atoms with Crippen LogP contribution in [0.2, 0.25) is 0 Å². The van der Waals surface area contributed by atoms with Crippen LogP contribution in [0.3, 0.4) is 0 Å². The van der Waals surface area contributed by atoms with Gasteiger partial charge in [-0.1, -0.05) is 36.4 Å². The van der Waals surface area contributed by atoms with Crippen molar-refractivity contribution in [3.05, 3.63) is 59.7 Å². The number of carbonyl (C=O) groups excluding carboxylic acids is 1.